The molecule has 0 amide bonds. The minimum atomic E-state index is -0.468. The molecule has 0 saturated carbocycles. The molecule has 0 heterocycles. The van der Waals surface area contributed by atoms with Crippen molar-refractivity contribution in [1.82, 2.24) is 0 Å². The minimum Gasteiger partial charge on any atom is -0.490 e. The van der Waals surface area contributed by atoms with Gasteiger partial charge >= 0.3 is 0 Å². The molecule has 0 fully saturated rings. The number of hydrogen-bond donors (Lipinski definition) is 1. The second kappa shape index (κ2) is 7.19. The van der Waals surface area contributed by atoms with Crippen LogP contribution >= 0.6 is 12.2 Å². The minimum absolute atomic E-state index is 0.00687. The zero-order valence-corrected chi connectivity index (χ0v) is 10.6. The molecule has 5 heteroatoms. The van der Waals surface area contributed by atoms with E-state index in [9.17, 15) is 4.39 Å². The van der Waals surface area contributed by atoms with Crippen LogP contribution in [-0.2, 0) is 4.74 Å². The van der Waals surface area contributed by atoms with Crippen LogP contribution in [0.2, 0.25) is 0 Å². The van der Waals surface area contributed by atoms with E-state index in [1.807, 2.05) is 6.92 Å². The molecule has 0 aliphatic heterocycles. The standard InChI is InChI=1S/C12H16FNO2S/c1-2-6-15-7-8-16-10-5-3-4-9(13)11(10)12(14)17/h3-5H,2,6-8H2,1H3,(H2,14,17). The summed E-state index contributed by atoms with van der Waals surface area (Å²) < 4.78 is 24.1. The maximum absolute atomic E-state index is 13.5. The van der Waals surface area contributed by atoms with Crippen LogP contribution in [-0.4, -0.2) is 24.8 Å². The number of nitrogens with two attached hydrogens (primary N) is 1. The quantitative estimate of drug-likeness (QED) is 0.601. The van der Waals surface area contributed by atoms with Gasteiger partial charge in [-0.3, -0.25) is 0 Å². The van der Waals surface area contributed by atoms with Crippen LogP contribution in [0.25, 0.3) is 0 Å². The molecule has 1 rings (SSSR count). The van der Waals surface area contributed by atoms with Crippen molar-refractivity contribution in [3.05, 3.63) is 29.6 Å². The van der Waals surface area contributed by atoms with E-state index < -0.39 is 5.82 Å². The Morgan fingerprint density at radius 1 is 1.35 bits per heavy atom. The lowest BCUT2D eigenvalue weighted by atomic mass is 10.2. The average molecular weight is 257 g/mol. The van der Waals surface area contributed by atoms with Crippen molar-refractivity contribution in [1.29, 1.82) is 0 Å². The fourth-order valence-corrected chi connectivity index (χ4v) is 1.52. The Bertz CT molecular complexity index is 385. The van der Waals surface area contributed by atoms with Gasteiger partial charge in [0.15, 0.2) is 0 Å². The van der Waals surface area contributed by atoms with E-state index in [2.05, 4.69) is 0 Å². The summed E-state index contributed by atoms with van der Waals surface area (Å²) in [6.45, 7) is 3.52. The first-order valence-corrected chi connectivity index (χ1v) is 5.86. The van der Waals surface area contributed by atoms with Crippen molar-refractivity contribution >= 4 is 17.2 Å². The third kappa shape index (κ3) is 4.28. The highest BCUT2D eigenvalue weighted by atomic mass is 32.1. The van der Waals surface area contributed by atoms with Crippen molar-refractivity contribution in [3.8, 4) is 5.75 Å². The first kappa shape index (κ1) is 13.9. The van der Waals surface area contributed by atoms with E-state index in [1.54, 1.807) is 12.1 Å². The molecule has 0 aliphatic rings. The van der Waals surface area contributed by atoms with Gasteiger partial charge in [0.2, 0.25) is 0 Å². The zero-order valence-electron chi connectivity index (χ0n) is 9.74. The van der Waals surface area contributed by atoms with Crippen molar-refractivity contribution < 1.29 is 13.9 Å². The van der Waals surface area contributed by atoms with Gasteiger partial charge in [-0.25, -0.2) is 4.39 Å². The zero-order chi connectivity index (χ0) is 12.7. The summed E-state index contributed by atoms with van der Waals surface area (Å²) >= 11 is 4.78. The van der Waals surface area contributed by atoms with Crippen LogP contribution in [0.5, 0.6) is 5.75 Å². The molecule has 1 aromatic carbocycles. The Hall–Kier alpha value is -1.20. The molecule has 94 valence electrons. The lowest BCUT2D eigenvalue weighted by Crippen LogP contribution is -2.15. The third-order valence-corrected chi connectivity index (χ3v) is 2.26. The first-order valence-electron chi connectivity index (χ1n) is 5.45. The lowest BCUT2D eigenvalue weighted by Gasteiger charge is -2.11. The van der Waals surface area contributed by atoms with Crippen LogP contribution in [0.3, 0.4) is 0 Å². The van der Waals surface area contributed by atoms with Gasteiger partial charge in [-0.05, 0) is 18.6 Å². The molecule has 0 aliphatic carbocycles. The SMILES string of the molecule is CCCOCCOc1cccc(F)c1C(N)=S. The number of hydrogen-bond acceptors (Lipinski definition) is 3. The fraction of sp³-hybridized carbons (Fsp3) is 0.417. The van der Waals surface area contributed by atoms with Gasteiger partial charge in [-0.1, -0.05) is 25.2 Å². The molecular formula is C12H16FNO2S. The van der Waals surface area contributed by atoms with E-state index in [1.165, 1.54) is 6.07 Å². The van der Waals surface area contributed by atoms with Crippen molar-refractivity contribution in [3.63, 3.8) is 0 Å². The molecule has 0 unspecified atom stereocenters. The molecule has 0 saturated heterocycles. The lowest BCUT2D eigenvalue weighted by molar-refractivity contribution is 0.100. The molecule has 0 bridgehead atoms. The number of halogens is 1. The van der Waals surface area contributed by atoms with Gasteiger partial charge in [0.05, 0.1) is 12.2 Å². The average Bonchev–Trinajstić information content (AvgIpc) is 2.28. The van der Waals surface area contributed by atoms with E-state index >= 15 is 0 Å². The smallest absolute Gasteiger partial charge is 0.137 e. The maximum atomic E-state index is 13.5. The third-order valence-electron chi connectivity index (χ3n) is 2.06. The number of rotatable bonds is 7. The van der Waals surface area contributed by atoms with Gasteiger partial charge in [-0.2, -0.15) is 0 Å². The van der Waals surface area contributed by atoms with Gasteiger partial charge in [0.1, 0.15) is 23.2 Å². The topological polar surface area (TPSA) is 44.5 Å². The largest absolute Gasteiger partial charge is 0.490 e. The molecule has 0 aromatic heterocycles. The molecule has 17 heavy (non-hydrogen) atoms. The second-order valence-corrected chi connectivity index (χ2v) is 3.88. The molecule has 0 atom stereocenters. The monoisotopic (exact) mass is 257 g/mol. The number of thiocarbonyl (C=S) groups is 1. The van der Waals surface area contributed by atoms with E-state index in [0.29, 0.717) is 25.6 Å². The predicted molar refractivity (Wildman–Crippen MR) is 68.9 cm³/mol. The Balaban J connectivity index is 2.58. The summed E-state index contributed by atoms with van der Waals surface area (Å²) in [5.74, 6) is -0.109. The van der Waals surface area contributed by atoms with Crippen LogP contribution in [0, 0.1) is 5.82 Å². The first-order chi connectivity index (χ1) is 8.16. The predicted octanol–water partition coefficient (Wildman–Crippen LogP) is 2.27. The molecule has 1 aromatic rings. The van der Waals surface area contributed by atoms with Crippen LogP contribution in [0.4, 0.5) is 4.39 Å². The van der Waals surface area contributed by atoms with Crippen molar-refractivity contribution in [2.45, 2.75) is 13.3 Å². The van der Waals surface area contributed by atoms with Gasteiger partial charge in [-0.15, -0.1) is 0 Å². The van der Waals surface area contributed by atoms with E-state index in [-0.39, 0.29) is 10.6 Å². The van der Waals surface area contributed by atoms with E-state index in [4.69, 9.17) is 27.4 Å². The van der Waals surface area contributed by atoms with Crippen LogP contribution in [0.15, 0.2) is 18.2 Å². The molecular weight excluding hydrogens is 241 g/mol. The Labute approximate surface area is 106 Å². The summed E-state index contributed by atoms with van der Waals surface area (Å²) in [5.41, 5.74) is 5.60. The molecule has 0 radical (unpaired) electrons. The Morgan fingerprint density at radius 3 is 2.76 bits per heavy atom. The second-order valence-electron chi connectivity index (χ2n) is 3.44. The maximum Gasteiger partial charge on any atom is 0.137 e. The summed E-state index contributed by atoms with van der Waals surface area (Å²) in [6, 6.07) is 4.49. The van der Waals surface area contributed by atoms with Gasteiger partial charge < -0.3 is 15.2 Å². The summed E-state index contributed by atoms with van der Waals surface area (Å²) in [7, 11) is 0. The molecule has 0 spiro atoms. The highest BCUT2D eigenvalue weighted by Crippen LogP contribution is 2.21. The van der Waals surface area contributed by atoms with Gasteiger partial charge in [0.25, 0.3) is 0 Å². The van der Waals surface area contributed by atoms with E-state index in [0.717, 1.165) is 6.42 Å². The molecule has 2 N–H and O–H groups in total. The van der Waals surface area contributed by atoms with Crippen LogP contribution in [0.1, 0.15) is 18.9 Å². The van der Waals surface area contributed by atoms with Gasteiger partial charge in [0, 0.05) is 6.61 Å². The fourth-order valence-electron chi connectivity index (χ4n) is 1.32. The van der Waals surface area contributed by atoms with Crippen molar-refractivity contribution in [2.75, 3.05) is 19.8 Å². The molecule has 3 nitrogen and oxygen atoms in total. The summed E-state index contributed by atoms with van der Waals surface area (Å²) in [4.78, 5) is -0.00687. The van der Waals surface area contributed by atoms with Crippen LogP contribution < -0.4 is 10.5 Å². The Morgan fingerprint density at radius 2 is 2.12 bits per heavy atom. The number of benzene rings is 1. The normalized spacial score (nSPS) is 10.2. The highest BCUT2D eigenvalue weighted by Gasteiger charge is 2.11. The number of ether oxygens (including phenoxy) is 2. The highest BCUT2D eigenvalue weighted by molar-refractivity contribution is 7.80. The van der Waals surface area contributed by atoms with Crippen molar-refractivity contribution in [2.24, 2.45) is 5.73 Å². The Kier molecular flexibility index (Phi) is 5.86. The summed E-state index contributed by atoms with van der Waals surface area (Å²) in [6.07, 6.45) is 0.956. The summed E-state index contributed by atoms with van der Waals surface area (Å²) in [5, 5.41) is 0.